The van der Waals surface area contributed by atoms with Gasteiger partial charge in [-0.15, -0.1) is 0 Å². The molecule has 284 valence electrons. The summed E-state index contributed by atoms with van der Waals surface area (Å²) in [7, 11) is 0. The number of halogens is 6. The van der Waals surface area contributed by atoms with Crippen LogP contribution in [0.4, 0.5) is 26.3 Å². The number of amides is 2. The Morgan fingerprint density at radius 3 is 1.84 bits per heavy atom. The van der Waals surface area contributed by atoms with Crippen molar-refractivity contribution in [1.29, 1.82) is 0 Å². The van der Waals surface area contributed by atoms with Gasteiger partial charge in [0.15, 0.2) is 0 Å². The van der Waals surface area contributed by atoms with E-state index in [9.17, 15) is 35.9 Å². The molecule has 1 saturated heterocycles. The molecule has 6 nitrogen and oxygen atoms in total. The fourth-order valence-electron chi connectivity index (χ4n) is 6.46. The summed E-state index contributed by atoms with van der Waals surface area (Å²) in [4.78, 5) is 38.4. The molecule has 0 unspecified atom stereocenters. The smallest absolute Gasteiger partial charge is 0.338 e. The number of carbonyl (C=O) groups excluding carboxylic acids is 2. The van der Waals surface area contributed by atoms with Crippen molar-refractivity contribution in [3.8, 4) is 11.3 Å². The summed E-state index contributed by atoms with van der Waals surface area (Å²) >= 11 is 0. The maximum atomic E-state index is 14.5. The SMILES string of the molecule is O=C([C@H](Cc1ccccc1)N(Cc1ccc(-c2ccccn2)cc1)C(=O)/C=C/c1ccc(C(F)(F)F)cc1)N1CCN(Cc2ccc(C(F)(F)F)cc2)CC1. The predicted molar refractivity (Wildman–Crippen MR) is 198 cm³/mol. The first kappa shape index (κ1) is 39.0. The molecule has 0 bridgehead atoms. The maximum Gasteiger partial charge on any atom is 0.416 e. The molecule has 0 spiro atoms. The van der Waals surface area contributed by atoms with Gasteiger partial charge in [-0.05, 0) is 64.7 Å². The van der Waals surface area contributed by atoms with E-state index in [1.807, 2.05) is 72.8 Å². The minimum atomic E-state index is -4.50. The molecular formula is C43H38F6N4O2. The third kappa shape index (κ3) is 10.5. The van der Waals surface area contributed by atoms with E-state index >= 15 is 0 Å². The lowest BCUT2D eigenvalue weighted by Crippen LogP contribution is -2.56. The summed E-state index contributed by atoms with van der Waals surface area (Å²) in [6.07, 6.45) is -4.31. The van der Waals surface area contributed by atoms with E-state index in [4.69, 9.17) is 0 Å². The van der Waals surface area contributed by atoms with Gasteiger partial charge >= 0.3 is 12.4 Å². The van der Waals surface area contributed by atoms with E-state index in [-0.39, 0.29) is 18.9 Å². The molecule has 55 heavy (non-hydrogen) atoms. The third-order valence-electron chi connectivity index (χ3n) is 9.51. The Kier molecular flexibility index (Phi) is 12.1. The first-order valence-electron chi connectivity index (χ1n) is 17.7. The zero-order chi connectivity index (χ0) is 39.0. The van der Waals surface area contributed by atoms with Crippen molar-refractivity contribution in [1.82, 2.24) is 19.7 Å². The van der Waals surface area contributed by atoms with Crippen LogP contribution < -0.4 is 0 Å². The molecular weight excluding hydrogens is 718 g/mol. The monoisotopic (exact) mass is 756 g/mol. The van der Waals surface area contributed by atoms with Crippen molar-refractivity contribution < 1.29 is 35.9 Å². The topological polar surface area (TPSA) is 56.8 Å². The van der Waals surface area contributed by atoms with Crippen LogP contribution >= 0.6 is 0 Å². The minimum absolute atomic E-state index is 0.0653. The Balaban J connectivity index is 1.25. The lowest BCUT2D eigenvalue weighted by Gasteiger charge is -2.39. The van der Waals surface area contributed by atoms with Crippen LogP contribution in [0.5, 0.6) is 0 Å². The number of piperazine rings is 1. The summed E-state index contributed by atoms with van der Waals surface area (Å²) in [6.45, 7) is 2.11. The largest absolute Gasteiger partial charge is 0.416 e. The number of aromatic nitrogens is 1. The highest BCUT2D eigenvalue weighted by Crippen LogP contribution is 2.30. The standard InChI is InChI=1S/C43H38F6N4O2/c44-42(45,46)36-18-11-31(12-19-36)15-22-40(54)53(30-34-9-16-35(17-10-34)38-8-4-5-23-50-38)39(28-32-6-2-1-3-7-32)41(55)52-26-24-51(25-27-52)29-33-13-20-37(21-14-33)43(47,48)49/h1-23,39H,24-30H2/b22-15+/t39-/m0/s1. The van der Waals surface area contributed by atoms with Crippen molar-refractivity contribution >= 4 is 17.9 Å². The van der Waals surface area contributed by atoms with Gasteiger partial charge in [0.25, 0.3) is 0 Å². The van der Waals surface area contributed by atoms with E-state index in [2.05, 4.69) is 9.88 Å². The zero-order valence-corrected chi connectivity index (χ0v) is 29.7. The average molecular weight is 757 g/mol. The molecule has 12 heteroatoms. The van der Waals surface area contributed by atoms with Gasteiger partial charge in [0.05, 0.1) is 16.8 Å². The highest BCUT2D eigenvalue weighted by atomic mass is 19.4. The first-order valence-corrected chi connectivity index (χ1v) is 17.7. The summed E-state index contributed by atoms with van der Waals surface area (Å²) < 4.78 is 78.7. The van der Waals surface area contributed by atoms with E-state index in [1.54, 1.807) is 11.1 Å². The maximum absolute atomic E-state index is 14.5. The summed E-state index contributed by atoms with van der Waals surface area (Å²) in [5, 5.41) is 0. The highest BCUT2D eigenvalue weighted by molar-refractivity contribution is 5.95. The van der Waals surface area contributed by atoms with Gasteiger partial charge in [0.2, 0.25) is 11.8 Å². The van der Waals surface area contributed by atoms with Gasteiger partial charge in [0, 0.05) is 63.5 Å². The quantitative estimate of drug-likeness (QED) is 0.1000. The van der Waals surface area contributed by atoms with Crippen LogP contribution in [-0.2, 0) is 41.5 Å². The van der Waals surface area contributed by atoms with Crippen LogP contribution in [-0.4, -0.2) is 63.7 Å². The molecule has 1 aliphatic rings. The van der Waals surface area contributed by atoms with Gasteiger partial charge in [0.1, 0.15) is 6.04 Å². The van der Waals surface area contributed by atoms with E-state index in [0.717, 1.165) is 52.2 Å². The molecule has 0 N–H and O–H groups in total. The van der Waals surface area contributed by atoms with Crippen molar-refractivity contribution in [2.24, 2.45) is 0 Å². The molecule has 1 aliphatic heterocycles. The Bertz CT molecular complexity index is 2040. The Morgan fingerprint density at radius 1 is 0.673 bits per heavy atom. The number of alkyl halides is 6. The summed E-state index contributed by atoms with van der Waals surface area (Å²) in [6, 6.07) is 31.0. The van der Waals surface area contributed by atoms with Crippen molar-refractivity contribution in [3.63, 3.8) is 0 Å². The lowest BCUT2D eigenvalue weighted by molar-refractivity contribution is -0.145. The molecule has 0 radical (unpaired) electrons. The molecule has 1 aromatic heterocycles. The molecule has 5 aromatic rings. The van der Waals surface area contributed by atoms with Gasteiger partial charge in [-0.3, -0.25) is 19.5 Å². The number of hydrogen-bond acceptors (Lipinski definition) is 4. The molecule has 2 amide bonds. The third-order valence-corrected chi connectivity index (χ3v) is 9.51. The van der Waals surface area contributed by atoms with Crippen LogP contribution in [0.25, 0.3) is 17.3 Å². The van der Waals surface area contributed by atoms with Gasteiger partial charge in [-0.25, -0.2) is 0 Å². The van der Waals surface area contributed by atoms with Gasteiger partial charge < -0.3 is 9.80 Å². The molecule has 2 heterocycles. The van der Waals surface area contributed by atoms with E-state index in [0.29, 0.717) is 38.3 Å². The number of carbonyl (C=O) groups is 2. The number of rotatable bonds is 11. The number of hydrogen-bond donors (Lipinski definition) is 0. The van der Waals surface area contributed by atoms with Crippen LogP contribution in [0.2, 0.25) is 0 Å². The fourth-order valence-corrected chi connectivity index (χ4v) is 6.46. The van der Waals surface area contributed by atoms with Crippen LogP contribution in [0, 0.1) is 0 Å². The van der Waals surface area contributed by atoms with Gasteiger partial charge in [-0.1, -0.05) is 84.9 Å². The second-order valence-corrected chi connectivity index (χ2v) is 13.3. The summed E-state index contributed by atoms with van der Waals surface area (Å²) in [5.74, 6) is -0.761. The van der Waals surface area contributed by atoms with Crippen molar-refractivity contribution in [2.45, 2.75) is 37.9 Å². The zero-order valence-electron chi connectivity index (χ0n) is 29.7. The average Bonchev–Trinajstić information content (AvgIpc) is 3.19. The van der Waals surface area contributed by atoms with Crippen molar-refractivity contribution in [3.05, 3.63) is 167 Å². The van der Waals surface area contributed by atoms with Crippen LogP contribution in [0.1, 0.15) is 33.4 Å². The minimum Gasteiger partial charge on any atom is -0.338 e. The Hall–Kier alpha value is -5.75. The first-order chi connectivity index (χ1) is 26.3. The summed E-state index contributed by atoms with van der Waals surface area (Å²) in [5.41, 5.74) is 2.82. The molecule has 6 rings (SSSR count). The predicted octanol–water partition coefficient (Wildman–Crippen LogP) is 8.78. The second kappa shape index (κ2) is 17.2. The number of pyridine rings is 1. The number of benzene rings is 4. The van der Waals surface area contributed by atoms with E-state index < -0.39 is 35.4 Å². The Morgan fingerprint density at radius 2 is 1.25 bits per heavy atom. The fraction of sp³-hybridized carbons (Fsp3) is 0.233. The molecule has 0 saturated carbocycles. The normalized spacial score (nSPS) is 14.5. The highest BCUT2D eigenvalue weighted by Gasteiger charge is 2.35. The van der Waals surface area contributed by atoms with Crippen LogP contribution in [0.3, 0.4) is 0 Å². The molecule has 0 aliphatic carbocycles. The van der Waals surface area contributed by atoms with E-state index in [1.165, 1.54) is 41.3 Å². The molecule has 1 atom stereocenters. The number of nitrogens with zero attached hydrogens (tertiary/aromatic N) is 4. The lowest BCUT2D eigenvalue weighted by atomic mass is 10.0. The Labute approximate surface area is 315 Å². The molecule has 1 fully saturated rings. The van der Waals surface area contributed by atoms with Crippen LogP contribution in [0.15, 0.2) is 134 Å². The van der Waals surface area contributed by atoms with Crippen molar-refractivity contribution in [2.75, 3.05) is 26.2 Å². The molecule has 4 aromatic carbocycles. The van der Waals surface area contributed by atoms with Gasteiger partial charge in [-0.2, -0.15) is 26.3 Å². The second-order valence-electron chi connectivity index (χ2n) is 13.3.